The summed E-state index contributed by atoms with van der Waals surface area (Å²) < 4.78 is 6.64. The monoisotopic (exact) mass is 571 g/mol. The molecule has 3 aromatic carbocycles. The van der Waals surface area contributed by atoms with Gasteiger partial charge in [0, 0.05) is 6.92 Å². The first kappa shape index (κ1) is 28.3. The number of hydrogen-bond acceptors (Lipinski definition) is 6. The van der Waals surface area contributed by atoms with Crippen molar-refractivity contribution in [2.24, 2.45) is 5.92 Å². The zero-order valence-electron chi connectivity index (χ0n) is 23.9. The first-order valence-corrected chi connectivity index (χ1v) is 17.5. The molecule has 1 aromatic heterocycles. The molecule has 3 unspecified atom stereocenters. The number of thioether (sulfide) groups is 1. The number of β-lactam (4-membered cyclic amide) rings is 1. The number of aromatic nitrogens is 2. The Morgan fingerprint density at radius 2 is 1.32 bits per heavy atom. The Morgan fingerprint density at radius 3 is 1.70 bits per heavy atom. The minimum atomic E-state index is -2.35. The molecule has 1 fully saturated rings. The Hall–Kier alpha value is -3.20. The summed E-state index contributed by atoms with van der Waals surface area (Å²) in [5.74, 6) is -0.256. The van der Waals surface area contributed by atoms with E-state index in [1.165, 1.54) is 0 Å². The standard InChI is InChI=1S/C32H37N3O3SSi/c1-22-33-28(34-38-22)27(36)26-29(37)35(40(5,6)31(2,3)4)30(26)39-32(23-16-10-7-11-17-23,24-18-12-8-13-19-24)25-20-14-9-15-21-25/h7-21,26-27,30,36H,1-6H3. The quantitative estimate of drug-likeness (QED) is 0.140. The van der Waals surface area contributed by atoms with Crippen molar-refractivity contribution in [2.45, 2.75) is 62.1 Å². The van der Waals surface area contributed by atoms with E-state index in [1.807, 2.05) is 18.2 Å². The van der Waals surface area contributed by atoms with Crippen LogP contribution < -0.4 is 0 Å². The third-order valence-corrected chi connectivity index (χ3v) is 15.9. The van der Waals surface area contributed by atoms with Crippen LogP contribution in [-0.2, 0) is 9.54 Å². The van der Waals surface area contributed by atoms with Crippen LogP contribution in [0.25, 0.3) is 0 Å². The van der Waals surface area contributed by atoms with Crippen LogP contribution in [0.15, 0.2) is 95.5 Å². The van der Waals surface area contributed by atoms with E-state index >= 15 is 0 Å². The number of amides is 1. The van der Waals surface area contributed by atoms with E-state index in [-0.39, 0.29) is 22.1 Å². The predicted molar refractivity (Wildman–Crippen MR) is 162 cm³/mol. The van der Waals surface area contributed by atoms with Crippen molar-refractivity contribution in [1.29, 1.82) is 0 Å². The van der Waals surface area contributed by atoms with E-state index < -0.39 is 25.0 Å². The minimum absolute atomic E-state index is 0.0536. The molecular weight excluding hydrogens is 535 g/mol. The smallest absolute Gasteiger partial charge is 0.224 e. The number of aryl methyl sites for hydroxylation is 1. The maximum Gasteiger partial charge on any atom is 0.224 e. The van der Waals surface area contributed by atoms with Gasteiger partial charge in [0.2, 0.25) is 17.6 Å². The highest BCUT2D eigenvalue weighted by molar-refractivity contribution is 8.01. The van der Waals surface area contributed by atoms with E-state index in [4.69, 9.17) is 4.52 Å². The summed E-state index contributed by atoms with van der Waals surface area (Å²) in [6, 6.07) is 31.3. The van der Waals surface area contributed by atoms with Gasteiger partial charge in [-0.3, -0.25) is 4.79 Å². The highest BCUT2D eigenvalue weighted by Crippen LogP contribution is 2.58. The molecule has 40 heavy (non-hydrogen) atoms. The number of carbonyl (C=O) groups is 1. The van der Waals surface area contributed by atoms with Gasteiger partial charge in [0.05, 0.1) is 16.0 Å². The van der Waals surface area contributed by atoms with Crippen LogP contribution in [-0.4, -0.2) is 39.3 Å². The van der Waals surface area contributed by atoms with Crippen molar-refractivity contribution in [1.82, 2.24) is 14.7 Å². The molecule has 208 valence electrons. The lowest BCUT2D eigenvalue weighted by Crippen LogP contribution is -2.73. The highest BCUT2D eigenvalue weighted by Gasteiger charge is 2.62. The van der Waals surface area contributed by atoms with Gasteiger partial charge in [-0.25, -0.2) is 0 Å². The molecule has 0 saturated carbocycles. The largest absolute Gasteiger partial charge is 0.384 e. The van der Waals surface area contributed by atoms with E-state index in [0.717, 1.165) is 16.7 Å². The second kappa shape index (κ2) is 10.6. The fraction of sp³-hybridized carbons (Fsp3) is 0.344. The fourth-order valence-electron chi connectivity index (χ4n) is 5.36. The lowest BCUT2D eigenvalue weighted by atomic mass is 9.84. The molecule has 3 atom stereocenters. The molecule has 1 N–H and O–H groups in total. The number of carbonyl (C=O) groups excluding carboxylic acids is 1. The van der Waals surface area contributed by atoms with Crippen molar-refractivity contribution < 1.29 is 14.4 Å². The Kier molecular flexibility index (Phi) is 7.54. The molecular formula is C32H37N3O3SSi. The highest BCUT2D eigenvalue weighted by atomic mass is 32.2. The molecule has 8 heteroatoms. The number of hydrogen-bond donors (Lipinski definition) is 1. The van der Waals surface area contributed by atoms with Gasteiger partial charge in [-0.15, -0.1) is 11.8 Å². The van der Waals surface area contributed by atoms with Crippen LogP contribution in [0.2, 0.25) is 18.1 Å². The zero-order valence-corrected chi connectivity index (χ0v) is 25.7. The average molecular weight is 572 g/mol. The normalized spacial score (nSPS) is 18.9. The predicted octanol–water partition coefficient (Wildman–Crippen LogP) is 6.93. The average Bonchev–Trinajstić information content (AvgIpc) is 3.38. The Bertz CT molecular complexity index is 1360. The van der Waals surface area contributed by atoms with Crippen molar-refractivity contribution in [2.75, 3.05) is 0 Å². The van der Waals surface area contributed by atoms with Gasteiger partial charge in [-0.1, -0.05) is 130 Å². The van der Waals surface area contributed by atoms with Gasteiger partial charge in [0.15, 0.2) is 8.24 Å². The third-order valence-electron chi connectivity index (χ3n) is 8.51. The number of rotatable bonds is 8. The molecule has 1 aliphatic heterocycles. The molecule has 2 heterocycles. The summed E-state index contributed by atoms with van der Waals surface area (Å²) in [5.41, 5.74) is 3.32. The lowest BCUT2D eigenvalue weighted by molar-refractivity contribution is -0.150. The first-order chi connectivity index (χ1) is 19.0. The van der Waals surface area contributed by atoms with E-state index in [9.17, 15) is 9.90 Å². The molecule has 4 aromatic rings. The summed E-state index contributed by atoms with van der Waals surface area (Å²) in [4.78, 5) is 18.4. The van der Waals surface area contributed by atoms with Crippen LogP contribution >= 0.6 is 11.8 Å². The van der Waals surface area contributed by atoms with Gasteiger partial charge >= 0.3 is 0 Å². The SMILES string of the molecule is Cc1nc(C(O)C2C(=O)N([Si](C)(C)C(C)(C)C)C2SC(c2ccccc2)(c2ccccc2)c2ccccc2)no1. The minimum Gasteiger partial charge on any atom is -0.384 e. The zero-order chi connectivity index (χ0) is 28.7. The molecule has 0 aliphatic carbocycles. The summed E-state index contributed by atoms with van der Waals surface area (Å²) in [7, 11) is -2.35. The van der Waals surface area contributed by atoms with Crippen molar-refractivity contribution in [3.8, 4) is 0 Å². The Balaban J connectivity index is 1.72. The molecule has 1 amide bonds. The van der Waals surface area contributed by atoms with Gasteiger partial charge in [0.1, 0.15) is 6.10 Å². The maximum atomic E-state index is 14.1. The third kappa shape index (κ3) is 4.72. The number of aliphatic hydroxyl groups is 1. The summed E-state index contributed by atoms with van der Waals surface area (Å²) >= 11 is 1.72. The van der Waals surface area contributed by atoms with Crippen molar-refractivity contribution in [3.63, 3.8) is 0 Å². The molecule has 1 aliphatic rings. The topological polar surface area (TPSA) is 79.5 Å². The molecule has 5 rings (SSSR count). The van der Waals surface area contributed by atoms with E-state index in [0.29, 0.717) is 5.89 Å². The maximum absolute atomic E-state index is 14.1. The van der Waals surface area contributed by atoms with Gasteiger partial charge in [0.25, 0.3) is 0 Å². The van der Waals surface area contributed by atoms with Crippen molar-refractivity contribution in [3.05, 3.63) is 119 Å². The van der Waals surface area contributed by atoms with Crippen LogP contribution in [0.4, 0.5) is 0 Å². The van der Waals surface area contributed by atoms with Gasteiger partial charge < -0.3 is 14.2 Å². The Morgan fingerprint density at radius 1 is 0.875 bits per heavy atom. The van der Waals surface area contributed by atoms with E-state index in [1.54, 1.807) is 18.7 Å². The fourth-order valence-corrected chi connectivity index (χ4v) is 10.3. The summed E-state index contributed by atoms with van der Waals surface area (Å²) in [6.07, 6.45) is -1.18. The number of aliphatic hydroxyl groups excluding tert-OH is 1. The van der Waals surface area contributed by atoms with Gasteiger partial charge in [-0.05, 0) is 21.7 Å². The molecule has 0 spiro atoms. The van der Waals surface area contributed by atoms with Gasteiger partial charge in [-0.2, -0.15) is 4.98 Å². The summed E-state index contributed by atoms with van der Waals surface area (Å²) in [5, 5.41) is 15.1. The van der Waals surface area contributed by atoms with Crippen molar-refractivity contribution >= 4 is 25.9 Å². The molecule has 1 saturated heterocycles. The molecule has 6 nitrogen and oxygen atoms in total. The second-order valence-corrected chi connectivity index (χ2v) is 18.4. The molecule has 0 radical (unpaired) electrons. The number of nitrogens with zero attached hydrogens (tertiary/aromatic N) is 3. The molecule has 0 bridgehead atoms. The number of benzene rings is 3. The Labute approximate surface area is 241 Å². The second-order valence-electron chi connectivity index (χ2n) is 11.9. The first-order valence-electron chi connectivity index (χ1n) is 13.6. The van der Waals surface area contributed by atoms with Crippen LogP contribution in [0.1, 0.15) is 55.3 Å². The van der Waals surface area contributed by atoms with Crippen LogP contribution in [0, 0.1) is 12.8 Å². The van der Waals surface area contributed by atoms with E-state index in [2.05, 4.69) is 121 Å². The van der Waals surface area contributed by atoms with Crippen LogP contribution in [0.3, 0.4) is 0 Å². The lowest BCUT2D eigenvalue weighted by Gasteiger charge is -2.60. The van der Waals surface area contributed by atoms with Crippen LogP contribution in [0.5, 0.6) is 0 Å². The summed E-state index contributed by atoms with van der Waals surface area (Å²) in [6.45, 7) is 12.8.